The molecule has 2 rings (SSSR count). The van der Waals surface area contributed by atoms with Gasteiger partial charge in [0.1, 0.15) is 17.7 Å². The normalized spacial score (nSPS) is 19.4. The highest BCUT2D eigenvalue weighted by molar-refractivity contribution is 5.98. The Bertz CT molecular complexity index is 912. The molecule has 4 amide bonds. The number of ether oxygens (including phenoxy) is 1. The first-order valence-corrected chi connectivity index (χ1v) is 12.7. The van der Waals surface area contributed by atoms with Crippen LogP contribution in [0.5, 0.6) is 0 Å². The van der Waals surface area contributed by atoms with Crippen molar-refractivity contribution < 1.29 is 23.9 Å². The minimum Gasteiger partial charge on any atom is -0.361 e. The van der Waals surface area contributed by atoms with E-state index < -0.39 is 35.7 Å². The van der Waals surface area contributed by atoms with Crippen molar-refractivity contribution >= 4 is 23.6 Å². The molecule has 9 heteroatoms. The number of urea groups is 1. The molecule has 4 atom stereocenters. The number of carbonyl (C=O) groups excluding carboxylic acids is 4. The highest BCUT2D eigenvalue weighted by atomic mass is 16.6. The van der Waals surface area contributed by atoms with Crippen molar-refractivity contribution in [2.45, 2.75) is 85.2 Å². The van der Waals surface area contributed by atoms with Gasteiger partial charge in [0.15, 0.2) is 5.78 Å². The molecule has 4 N–H and O–H groups in total. The molecule has 1 aliphatic rings. The van der Waals surface area contributed by atoms with E-state index >= 15 is 0 Å². The lowest BCUT2D eigenvalue weighted by Gasteiger charge is -2.28. The maximum absolute atomic E-state index is 13.2. The van der Waals surface area contributed by atoms with E-state index in [1.54, 1.807) is 6.92 Å². The quantitative estimate of drug-likeness (QED) is 0.308. The molecule has 0 unspecified atom stereocenters. The standard InChI is InChI=1S/C27H42N4O5/c1-16(2)13-20(23(32)27(7)15-36-27)29-25(34)22(18(5)6)31-26(35)30-21(17(3)4)24(33)28-14-19-11-9-8-10-12-19/h8-12,16-18,20-22H,13-15H2,1-7H3,(H,28,33)(H,29,34)(H2,30,31,35)/t20-,21-,22-,27+/m0/s1. The molecule has 36 heavy (non-hydrogen) atoms. The summed E-state index contributed by atoms with van der Waals surface area (Å²) in [6, 6.07) is 6.49. The lowest BCUT2D eigenvalue weighted by atomic mass is 9.92. The van der Waals surface area contributed by atoms with E-state index in [9.17, 15) is 19.2 Å². The van der Waals surface area contributed by atoms with Crippen LogP contribution in [-0.2, 0) is 25.7 Å². The van der Waals surface area contributed by atoms with E-state index in [-0.39, 0.29) is 29.4 Å². The van der Waals surface area contributed by atoms with Crippen LogP contribution < -0.4 is 21.3 Å². The average molecular weight is 503 g/mol. The number of hydrogen-bond acceptors (Lipinski definition) is 5. The molecule has 1 fully saturated rings. The number of nitrogens with one attached hydrogen (secondary N) is 4. The molecule has 1 aromatic carbocycles. The fraction of sp³-hybridized carbons (Fsp3) is 0.630. The van der Waals surface area contributed by atoms with Crippen LogP contribution >= 0.6 is 0 Å². The van der Waals surface area contributed by atoms with Crippen LogP contribution in [0.2, 0.25) is 0 Å². The minimum atomic E-state index is -0.888. The van der Waals surface area contributed by atoms with Crippen molar-refractivity contribution in [3.63, 3.8) is 0 Å². The molecule has 9 nitrogen and oxygen atoms in total. The Morgan fingerprint density at radius 2 is 1.39 bits per heavy atom. The van der Waals surface area contributed by atoms with E-state index in [2.05, 4.69) is 21.3 Å². The van der Waals surface area contributed by atoms with Crippen LogP contribution in [0.15, 0.2) is 30.3 Å². The van der Waals surface area contributed by atoms with Gasteiger partial charge in [-0.15, -0.1) is 0 Å². The van der Waals surface area contributed by atoms with Gasteiger partial charge in [0.25, 0.3) is 0 Å². The summed E-state index contributed by atoms with van der Waals surface area (Å²) in [6.07, 6.45) is 0.470. The molecule has 200 valence electrons. The lowest BCUT2D eigenvalue weighted by molar-refractivity contribution is -0.132. The average Bonchev–Trinajstić information content (AvgIpc) is 3.56. The molecule has 0 bridgehead atoms. The number of epoxide rings is 1. The fourth-order valence-electron chi connectivity index (χ4n) is 3.87. The molecule has 0 saturated carbocycles. The first-order valence-electron chi connectivity index (χ1n) is 12.7. The first-order chi connectivity index (χ1) is 16.8. The largest absolute Gasteiger partial charge is 0.361 e. The number of benzene rings is 1. The van der Waals surface area contributed by atoms with Crippen molar-refractivity contribution in [1.82, 2.24) is 21.3 Å². The van der Waals surface area contributed by atoms with Crippen LogP contribution in [0.1, 0.15) is 60.5 Å². The predicted molar refractivity (Wildman–Crippen MR) is 138 cm³/mol. The Morgan fingerprint density at radius 3 is 1.86 bits per heavy atom. The summed E-state index contributed by atoms with van der Waals surface area (Å²) in [7, 11) is 0. The van der Waals surface area contributed by atoms with Gasteiger partial charge in [0.2, 0.25) is 11.8 Å². The Morgan fingerprint density at radius 1 is 0.861 bits per heavy atom. The van der Waals surface area contributed by atoms with Gasteiger partial charge >= 0.3 is 6.03 Å². The topological polar surface area (TPSA) is 129 Å². The van der Waals surface area contributed by atoms with E-state index in [1.807, 2.05) is 71.9 Å². The minimum absolute atomic E-state index is 0.161. The van der Waals surface area contributed by atoms with Crippen molar-refractivity contribution in [2.24, 2.45) is 17.8 Å². The summed E-state index contributed by atoms with van der Waals surface area (Å²) < 4.78 is 5.29. The Hall–Kier alpha value is -2.94. The van der Waals surface area contributed by atoms with Crippen LogP contribution in [-0.4, -0.2) is 54.0 Å². The van der Waals surface area contributed by atoms with Gasteiger partial charge < -0.3 is 26.0 Å². The smallest absolute Gasteiger partial charge is 0.316 e. The lowest BCUT2D eigenvalue weighted by Crippen LogP contribution is -2.59. The predicted octanol–water partition coefficient (Wildman–Crippen LogP) is 2.54. The highest BCUT2D eigenvalue weighted by Crippen LogP contribution is 2.29. The molecular formula is C27H42N4O5. The Kier molecular flexibility index (Phi) is 10.5. The molecule has 1 aliphatic heterocycles. The third-order valence-electron chi connectivity index (χ3n) is 6.22. The maximum Gasteiger partial charge on any atom is 0.316 e. The van der Waals surface area contributed by atoms with Gasteiger partial charge in [-0.1, -0.05) is 71.9 Å². The Labute approximate surface area is 214 Å². The van der Waals surface area contributed by atoms with Crippen LogP contribution in [0, 0.1) is 17.8 Å². The molecule has 0 spiro atoms. The summed E-state index contributed by atoms with van der Waals surface area (Å²) in [5.41, 5.74) is 0.0908. The zero-order chi connectivity index (χ0) is 27.0. The second kappa shape index (κ2) is 12.9. The number of Topliss-reactive ketones (excluding diaryl/α,β-unsaturated/α-hetero) is 1. The third-order valence-corrected chi connectivity index (χ3v) is 6.22. The third kappa shape index (κ3) is 8.62. The van der Waals surface area contributed by atoms with Crippen LogP contribution in [0.4, 0.5) is 4.79 Å². The number of ketones is 1. The number of hydrogen-bond donors (Lipinski definition) is 4. The summed E-state index contributed by atoms with van der Waals surface area (Å²) in [5, 5.41) is 11.1. The summed E-state index contributed by atoms with van der Waals surface area (Å²) in [5.74, 6) is -1.16. The van der Waals surface area contributed by atoms with Gasteiger partial charge in [0.05, 0.1) is 12.6 Å². The molecule has 0 radical (unpaired) electrons. The van der Waals surface area contributed by atoms with Crippen molar-refractivity contribution in [2.75, 3.05) is 6.61 Å². The van der Waals surface area contributed by atoms with E-state index in [0.717, 1.165) is 5.56 Å². The highest BCUT2D eigenvalue weighted by Gasteiger charge is 2.50. The zero-order valence-corrected chi connectivity index (χ0v) is 22.5. The molecule has 1 heterocycles. The molecule has 0 aliphatic carbocycles. The van der Waals surface area contributed by atoms with Gasteiger partial charge in [-0.25, -0.2) is 4.79 Å². The van der Waals surface area contributed by atoms with E-state index in [4.69, 9.17) is 4.74 Å². The number of rotatable bonds is 13. The fourth-order valence-corrected chi connectivity index (χ4v) is 3.87. The first kappa shape index (κ1) is 29.3. The summed E-state index contributed by atoms with van der Waals surface area (Å²) in [4.78, 5) is 51.7. The molecule has 0 aromatic heterocycles. The summed E-state index contributed by atoms with van der Waals surface area (Å²) in [6.45, 7) is 13.6. The SMILES string of the molecule is CC(C)C[C@H](NC(=O)[C@@H](NC(=O)N[C@H](C(=O)NCc1ccccc1)C(C)C)C(C)C)C(=O)[C@@]1(C)CO1. The van der Waals surface area contributed by atoms with Crippen molar-refractivity contribution in [1.29, 1.82) is 0 Å². The maximum atomic E-state index is 13.2. The van der Waals surface area contributed by atoms with Crippen LogP contribution in [0.3, 0.4) is 0 Å². The Balaban J connectivity index is 2.01. The van der Waals surface area contributed by atoms with Gasteiger partial charge in [-0.3, -0.25) is 14.4 Å². The van der Waals surface area contributed by atoms with E-state index in [1.165, 1.54) is 0 Å². The number of amides is 4. The van der Waals surface area contributed by atoms with E-state index in [0.29, 0.717) is 19.6 Å². The van der Waals surface area contributed by atoms with Gasteiger partial charge in [-0.05, 0) is 36.7 Å². The number of carbonyl (C=O) groups is 4. The summed E-state index contributed by atoms with van der Waals surface area (Å²) >= 11 is 0. The molecule has 1 saturated heterocycles. The second-order valence-electron chi connectivity index (χ2n) is 10.8. The van der Waals surface area contributed by atoms with Crippen molar-refractivity contribution in [3.05, 3.63) is 35.9 Å². The monoisotopic (exact) mass is 502 g/mol. The van der Waals surface area contributed by atoms with Crippen LogP contribution in [0.25, 0.3) is 0 Å². The molecular weight excluding hydrogens is 460 g/mol. The zero-order valence-electron chi connectivity index (χ0n) is 22.5. The second-order valence-corrected chi connectivity index (χ2v) is 10.8. The van der Waals surface area contributed by atoms with Crippen molar-refractivity contribution in [3.8, 4) is 0 Å². The van der Waals surface area contributed by atoms with Gasteiger partial charge in [-0.2, -0.15) is 0 Å². The molecule has 1 aromatic rings. The van der Waals surface area contributed by atoms with Gasteiger partial charge in [0, 0.05) is 6.54 Å².